The Morgan fingerprint density at radius 3 is 2.67 bits per heavy atom. The van der Waals surface area contributed by atoms with Crippen molar-refractivity contribution in [2.24, 2.45) is 13.0 Å². The molecule has 0 saturated heterocycles. The van der Waals surface area contributed by atoms with Crippen LogP contribution in [0, 0.1) is 5.92 Å². The topological polar surface area (TPSA) is 169 Å². The monoisotopic (exact) mass is 612 g/mol. The summed E-state index contributed by atoms with van der Waals surface area (Å²) in [6.07, 6.45) is 0.0321. The van der Waals surface area contributed by atoms with Gasteiger partial charge < -0.3 is 30.2 Å². The molecule has 4 N–H and O–H groups in total. The number of hydrogen-bond acceptors (Lipinski definition) is 10. The van der Waals surface area contributed by atoms with Crippen molar-refractivity contribution in [2.45, 2.75) is 76.3 Å². The number of tetrazole rings is 1. The third-order valence-electron chi connectivity index (χ3n) is 9.46. The molecule has 0 saturated carbocycles. The highest BCUT2D eigenvalue weighted by Crippen LogP contribution is 2.59. The summed E-state index contributed by atoms with van der Waals surface area (Å²) in [6.45, 7) is 7.40. The lowest BCUT2D eigenvalue weighted by molar-refractivity contribution is -0.143. The Balaban J connectivity index is 1.48. The maximum Gasteiger partial charge on any atom is 0.252 e. The van der Waals surface area contributed by atoms with Crippen LogP contribution in [0.1, 0.15) is 74.9 Å². The fourth-order valence-corrected chi connectivity index (χ4v) is 6.75. The van der Waals surface area contributed by atoms with Crippen LogP contribution < -0.4 is 20.7 Å². The van der Waals surface area contributed by atoms with Crippen molar-refractivity contribution in [3.63, 3.8) is 0 Å². The molecule has 7 rings (SSSR count). The van der Waals surface area contributed by atoms with Gasteiger partial charge in [0.15, 0.2) is 17.7 Å². The van der Waals surface area contributed by atoms with Crippen LogP contribution in [0.5, 0.6) is 5.75 Å². The smallest absolute Gasteiger partial charge is 0.252 e. The molecular formula is C32H36N8O5. The van der Waals surface area contributed by atoms with Crippen LogP contribution in [0.15, 0.2) is 46.9 Å². The zero-order valence-corrected chi connectivity index (χ0v) is 25.8. The van der Waals surface area contributed by atoms with E-state index in [-0.39, 0.29) is 31.1 Å². The fraction of sp³-hybridized carbons (Fsp3) is 0.438. The Labute approximate surface area is 259 Å². The lowest BCUT2D eigenvalue weighted by atomic mass is 9.72. The van der Waals surface area contributed by atoms with E-state index in [1.807, 2.05) is 56.3 Å². The molecule has 0 aliphatic carbocycles. The molecule has 2 unspecified atom stereocenters. The first kappa shape index (κ1) is 29.0. The second-order valence-electron chi connectivity index (χ2n) is 12.4. The van der Waals surface area contributed by atoms with E-state index in [2.05, 4.69) is 31.5 Å². The highest BCUT2D eigenvalue weighted by molar-refractivity contribution is 5.91. The molecule has 234 valence electrons. The average molecular weight is 613 g/mol. The van der Waals surface area contributed by atoms with E-state index in [1.54, 1.807) is 20.9 Å². The van der Waals surface area contributed by atoms with Crippen LogP contribution in [0.25, 0.3) is 11.5 Å². The first-order valence-corrected chi connectivity index (χ1v) is 15.3. The second kappa shape index (κ2) is 10.4. The quantitative estimate of drug-likeness (QED) is 0.254. The Morgan fingerprint density at radius 2 is 1.96 bits per heavy atom. The van der Waals surface area contributed by atoms with E-state index < -0.39 is 41.1 Å². The van der Waals surface area contributed by atoms with Crippen molar-refractivity contribution >= 4 is 17.5 Å². The number of oxazole rings is 1. The number of carbonyl (C=O) groups excluding carboxylic acids is 2. The van der Waals surface area contributed by atoms with Gasteiger partial charge in [-0.3, -0.25) is 9.59 Å². The standard InChI is InChI=1S/C32H36N8O5/c1-6-31(43,7-2)29(42)33-21-15-17-12-13-22-19(14-17)32(18-10-8-9-11-20(18)34-30(32)44-22)25-24(26-37-38-39-40(26)5)36-28(45-25)23(16(3)4)35-27(21)41/h8-14,16,21,23,30,34,43H,6-7,15H2,1-5H3,(H,33,42)(H,35,41)/t21-,23-,30?,32?/m0/s1. The molecule has 3 aliphatic rings. The maximum absolute atomic E-state index is 14.0. The molecule has 0 radical (unpaired) electrons. The number of rotatable bonds is 6. The van der Waals surface area contributed by atoms with Crippen molar-refractivity contribution in [1.82, 2.24) is 35.8 Å². The molecular weight excluding hydrogens is 576 g/mol. The number of nitrogens with zero attached hydrogens (tertiary/aromatic N) is 5. The summed E-state index contributed by atoms with van der Waals surface area (Å²) in [5.74, 6) is 0.660. The van der Waals surface area contributed by atoms with E-state index in [0.29, 0.717) is 23.0 Å². The number of fused-ring (bicyclic) bond motifs is 4. The summed E-state index contributed by atoms with van der Waals surface area (Å²) in [5, 5.41) is 32.7. The minimum Gasteiger partial charge on any atom is -0.469 e. The number of aryl methyl sites for hydroxylation is 1. The maximum atomic E-state index is 14.0. The zero-order chi connectivity index (χ0) is 31.7. The first-order chi connectivity index (χ1) is 21.6. The largest absolute Gasteiger partial charge is 0.469 e. The first-order valence-electron chi connectivity index (χ1n) is 15.3. The van der Waals surface area contributed by atoms with Gasteiger partial charge in [0.2, 0.25) is 17.6 Å². The van der Waals surface area contributed by atoms with Crippen LogP contribution in [0.3, 0.4) is 0 Å². The van der Waals surface area contributed by atoms with Gasteiger partial charge >= 0.3 is 0 Å². The van der Waals surface area contributed by atoms with E-state index in [0.717, 1.165) is 22.4 Å². The molecule has 2 aromatic carbocycles. The van der Waals surface area contributed by atoms with E-state index in [4.69, 9.17) is 14.1 Å². The molecule has 13 nitrogen and oxygen atoms in total. The van der Waals surface area contributed by atoms with Crippen LogP contribution in [0.2, 0.25) is 0 Å². The van der Waals surface area contributed by atoms with Gasteiger partial charge in [-0.25, -0.2) is 9.67 Å². The summed E-state index contributed by atoms with van der Waals surface area (Å²) in [4.78, 5) is 32.3. The minimum absolute atomic E-state index is 0.149. The Bertz CT molecular complexity index is 1810. The van der Waals surface area contributed by atoms with Crippen molar-refractivity contribution in [2.75, 3.05) is 5.32 Å². The highest BCUT2D eigenvalue weighted by Gasteiger charge is 2.61. The molecule has 4 aromatic rings. The van der Waals surface area contributed by atoms with Crippen LogP contribution in [-0.4, -0.2) is 60.0 Å². The SMILES string of the molecule is CCC(O)(CC)C(=O)N[C@H]1Cc2ccc3c(c2)C2(c4ccccc4NC2O3)c2oc(nc2-c2nnnn2C)[C@H](C(C)C)NC1=O. The summed E-state index contributed by atoms with van der Waals surface area (Å²) in [6, 6.07) is 12.1. The van der Waals surface area contributed by atoms with Gasteiger partial charge in [0.25, 0.3) is 5.91 Å². The normalized spacial score (nSPS) is 23.3. The zero-order valence-electron chi connectivity index (χ0n) is 25.8. The molecule has 45 heavy (non-hydrogen) atoms. The predicted molar refractivity (Wildman–Crippen MR) is 162 cm³/mol. The van der Waals surface area contributed by atoms with Crippen LogP contribution in [0.4, 0.5) is 5.69 Å². The molecule has 4 atom stereocenters. The van der Waals surface area contributed by atoms with Crippen LogP contribution >= 0.6 is 0 Å². The molecule has 1 spiro atoms. The Kier molecular flexibility index (Phi) is 6.69. The number of aromatic nitrogens is 5. The van der Waals surface area contributed by atoms with Gasteiger partial charge in [-0.1, -0.05) is 58.0 Å². The number of aliphatic hydroxyl groups is 1. The number of ether oxygens (including phenoxy) is 1. The van der Waals surface area contributed by atoms with E-state index in [1.165, 1.54) is 4.68 Å². The molecule has 13 heteroatoms. The highest BCUT2D eigenvalue weighted by atomic mass is 16.5. The van der Waals surface area contributed by atoms with Crippen molar-refractivity contribution in [1.29, 1.82) is 0 Å². The number of carbonyl (C=O) groups is 2. The van der Waals surface area contributed by atoms with Crippen molar-refractivity contribution in [3.8, 4) is 17.3 Å². The molecule has 0 fully saturated rings. The Hall–Kier alpha value is -4.78. The third kappa shape index (κ3) is 4.24. The van der Waals surface area contributed by atoms with Crippen molar-refractivity contribution in [3.05, 3.63) is 70.8 Å². The number of amides is 2. The van der Waals surface area contributed by atoms with E-state index in [9.17, 15) is 14.7 Å². The average Bonchev–Trinajstić information content (AvgIpc) is 3.79. The van der Waals surface area contributed by atoms with Crippen LogP contribution in [-0.2, 0) is 28.5 Å². The van der Waals surface area contributed by atoms with E-state index >= 15 is 0 Å². The molecule has 2 aromatic heterocycles. The lowest BCUT2D eigenvalue weighted by Gasteiger charge is -2.30. The number of benzene rings is 2. The molecule has 2 amide bonds. The number of para-hydroxylation sites is 1. The van der Waals surface area contributed by atoms with Gasteiger partial charge in [-0.2, -0.15) is 0 Å². The van der Waals surface area contributed by atoms with Gasteiger partial charge in [0.1, 0.15) is 28.8 Å². The van der Waals surface area contributed by atoms with Gasteiger partial charge in [0, 0.05) is 24.7 Å². The molecule has 5 heterocycles. The Morgan fingerprint density at radius 1 is 1.18 bits per heavy atom. The second-order valence-corrected chi connectivity index (χ2v) is 12.4. The third-order valence-corrected chi connectivity index (χ3v) is 9.46. The lowest BCUT2D eigenvalue weighted by Crippen LogP contribution is -2.55. The van der Waals surface area contributed by atoms with Crippen molar-refractivity contribution < 1.29 is 23.8 Å². The molecule has 3 aliphatic heterocycles. The van der Waals surface area contributed by atoms with Gasteiger partial charge in [-0.15, -0.1) is 5.10 Å². The number of nitrogens with one attached hydrogen (secondary N) is 3. The number of anilines is 1. The minimum atomic E-state index is -1.60. The summed E-state index contributed by atoms with van der Waals surface area (Å²) in [7, 11) is 1.73. The van der Waals surface area contributed by atoms with Gasteiger partial charge in [0.05, 0.1) is 0 Å². The number of hydrogen-bond donors (Lipinski definition) is 4. The summed E-state index contributed by atoms with van der Waals surface area (Å²) < 4.78 is 14.9. The predicted octanol–water partition coefficient (Wildman–Crippen LogP) is 2.75. The summed E-state index contributed by atoms with van der Waals surface area (Å²) in [5.41, 5.74) is 1.30. The molecule has 4 bridgehead atoms. The van der Waals surface area contributed by atoms with Gasteiger partial charge in [-0.05, 0) is 52.4 Å². The fourth-order valence-electron chi connectivity index (χ4n) is 6.75. The summed E-state index contributed by atoms with van der Waals surface area (Å²) >= 11 is 0.